The fourth-order valence-corrected chi connectivity index (χ4v) is 8.73. The van der Waals surface area contributed by atoms with Gasteiger partial charge in [-0.1, -0.05) is 20.8 Å². The number of hydrogen-bond acceptors (Lipinski definition) is 3. The largest absolute Gasteiger partial charge is 0.481 e. The molecule has 4 heteroatoms. The third kappa shape index (κ3) is 3.14. The van der Waals surface area contributed by atoms with Gasteiger partial charge < -0.3 is 15.3 Å². The molecule has 0 amide bonds. The maximum atomic E-state index is 11.2. The van der Waals surface area contributed by atoms with Gasteiger partial charge in [0.1, 0.15) is 0 Å². The lowest BCUT2D eigenvalue weighted by Gasteiger charge is -2.62. The number of aliphatic hydroxyl groups excluding tert-OH is 2. The van der Waals surface area contributed by atoms with Gasteiger partial charge in [0.15, 0.2) is 0 Å². The Labute approximate surface area is 170 Å². The van der Waals surface area contributed by atoms with Crippen molar-refractivity contribution >= 4 is 5.97 Å². The number of carboxylic acid groups (broad SMARTS) is 1. The smallest absolute Gasteiger partial charge is 0.303 e. The zero-order valence-electron chi connectivity index (χ0n) is 17.9. The lowest BCUT2D eigenvalue weighted by Crippen LogP contribution is -2.58. The highest BCUT2D eigenvalue weighted by Crippen LogP contribution is 2.68. The van der Waals surface area contributed by atoms with Crippen molar-refractivity contribution in [3.63, 3.8) is 0 Å². The Hall–Kier alpha value is -0.610. The molecule has 4 rings (SSSR count). The molecule has 0 aliphatic heterocycles. The first-order valence-electron chi connectivity index (χ1n) is 11.7. The molecule has 0 saturated heterocycles. The van der Waals surface area contributed by atoms with E-state index in [2.05, 4.69) is 20.8 Å². The average molecular weight is 393 g/mol. The predicted molar refractivity (Wildman–Crippen MR) is 109 cm³/mol. The number of carboxylic acids is 1. The van der Waals surface area contributed by atoms with Crippen LogP contribution in [-0.4, -0.2) is 33.5 Å². The van der Waals surface area contributed by atoms with Crippen LogP contribution in [0.15, 0.2) is 0 Å². The maximum absolute atomic E-state index is 11.2. The highest BCUT2D eigenvalue weighted by Gasteiger charge is 2.62. The van der Waals surface area contributed by atoms with Gasteiger partial charge in [0, 0.05) is 6.42 Å². The molecule has 5 unspecified atom stereocenters. The molecule has 4 aliphatic rings. The Morgan fingerprint density at radius 1 is 1.00 bits per heavy atom. The van der Waals surface area contributed by atoms with Crippen molar-refractivity contribution in [3.8, 4) is 0 Å². The van der Waals surface area contributed by atoms with Gasteiger partial charge in [-0.15, -0.1) is 0 Å². The molecule has 0 aromatic heterocycles. The Kier molecular flexibility index (Phi) is 5.36. The summed E-state index contributed by atoms with van der Waals surface area (Å²) in [5.74, 6) is 2.36. The Balaban J connectivity index is 1.55. The van der Waals surface area contributed by atoms with Crippen molar-refractivity contribution in [3.05, 3.63) is 0 Å². The van der Waals surface area contributed by atoms with E-state index >= 15 is 0 Å². The third-order valence-corrected chi connectivity index (χ3v) is 10.2. The number of aliphatic carboxylic acids is 1. The number of carbonyl (C=O) groups is 1. The molecular formula is C24H40O4. The predicted octanol–water partition coefficient (Wildman–Crippen LogP) is 4.48. The van der Waals surface area contributed by atoms with Crippen LogP contribution in [0.25, 0.3) is 0 Å². The van der Waals surface area contributed by atoms with Gasteiger partial charge in [0.25, 0.3) is 0 Å². The summed E-state index contributed by atoms with van der Waals surface area (Å²) in [5, 5.41) is 30.5. The number of rotatable bonds is 4. The van der Waals surface area contributed by atoms with Crippen LogP contribution in [0.1, 0.15) is 85.0 Å². The van der Waals surface area contributed by atoms with Crippen molar-refractivity contribution in [2.75, 3.05) is 0 Å². The number of hydrogen-bond donors (Lipinski definition) is 3. The first-order chi connectivity index (χ1) is 13.2. The minimum atomic E-state index is -0.684. The van der Waals surface area contributed by atoms with Crippen molar-refractivity contribution in [1.82, 2.24) is 0 Å². The molecule has 4 saturated carbocycles. The summed E-state index contributed by atoms with van der Waals surface area (Å²) in [6.07, 6.45) is 9.19. The Bertz CT molecular complexity index is 605. The monoisotopic (exact) mass is 392 g/mol. The van der Waals surface area contributed by atoms with Crippen molar-refractivity contribution in [2.45, 2.75) is 97.2 Å². The lowest BCUT2D eigenvalue weighted by molar-refractivity contribution is -0.174. The zero-order valence-corrected chi connectivity index (χ0v) is 17.9. The molecule has 10 atom stereocenters. The number of aliphatic hydroxyl groups is 2. The van der Waals surface area contributed by atoms with Crippen molar-refractivity contribution < 1.29 is 20.1 Å². The first-order valence-corrected chi connectivity index (χ1v) is 11.7. The van der Waals surface area contributed by atoms with Gasteiger partial charge >= 0.3 is 5.97 Å². The van der Waals surface area contributed by atoms with Gasteiger partial charge in [-0.25, -0.2) is 0 Å². The molecule has 4 aliphatic carbocycles. The topological polar surface area (TPSA) is 77.8 Å². The molecule has 4 fully saturated rings. The molecule has 160 valence electrons. The summed E-state index contributed by atoms with van der Waals surface area (Å²) in [4.78, 5) is 11.1. The second-order valence-electron chi connectivity index (χ2n) is 11.4. The molecular weight excluding hydrogens is 352 g/mol. The highest BCUT2D eigenvalue weighted by molar-refractivity contribution is 5.66. The summed E-state index contributed by atoms with van der Waals surface area (Å²) in [6.45, 7) is 7.16. The molecule has 4 nitrogen and oxygen atoms in total. The van der Waals surface area contributed by atoms with E-state index in [1.807, 2.05) is 0 Å². The van der Waals surface area contributed by atoms with Crippen LogP contribution in [0.3, 0.4) is 0 Å². The van der Waals surface area contributed by atoms with E-state index in [0.717, 1.165) is 32.1 Å². The summed E-state index contributed by atoms with van der Waals surface area (Å²) >= 11 is 0. The first kappa shape index (κ1) is 20.7. The van der Waals surface area contributed by atoms with E-state index in [1.165, 1.54) is 25.7 Å². The van der Waals surface area contributed by atoms with Gasteiger partial charge in [-0.05, 0) is 104 Å². The van der Waals surface area contributed by atoms with E-state index in [0.29, 0.717) is 35.5 Å². The molecule has 3 N–H and O–H groups in total. The Morgan fingerprint density at radius 3 is 2.39 bits per heavy atom. The second-order valence-corrected chi connectivity index (χ2v) is 11.4. The Morgan fingerprint density at radius 2 is 1.68 bits per heavy atom. The minimum absolute atomic E-state index is 0.179. The highest BCUT2D eigenvalue weighted by atomic mass is 16.4. The van der Waals surface area contributed by atoms with Gasteiger partial charge in [0.2, 0.25) is 0 Å². The van der Waals surface area contributed by atoms with Crippen LogP contribution in [0.4, 0.5) is 0 Å². The zero-order chi connectivity index (χ0) is 20.3. The summed E-state index contributed by atoms with van der Waals surface area (Å²) < 4.78 is 0. The van der Waals surface area contributed by atoms with E-state index in [9.17, 15) is 15.0 Å². The molecule has 0 radical (unpaired) electrons. The summed E-state index contributed by atoms with van der Waals surface area (Å²) in [7, 11) is 0. The van der Waals surface area contributed by atoms with Crippen molar-refractivity contribution in [2.24, 2.45) is 46.3 Å². The van der Waals surface area contributed by atoms with E-state index in [-0.39, 0.29) is 29.5 Å². The lowest BCUT2D eigenvalue weighted by atomic mass is 9.43. The van der Waals surface area contributed by atoms with Crippen LogP contribution < -0.4 is 0 Å². The molecule has 0 aromatic rings. The van der Waals surface area contributed by atoms with Crippen LogP contribution in [0, 0.1) is 46.3 Å². The molecule has 0 spiro atoms. The summed E-state index contributed by atoms with van der Waals surface area (Å²) in [6, 6.07) is 0. The van der Waals surface area contributed by atoms with Gasteiger partial charge in [-0.2, -0.15) is 0 Å². The molecule has 28 heavy (non-hydrogen) atoms. The van der Waals surface area contributed by atoms with E-state index in [4.69, 9.17) is 5.11 Å². The van der Waals surface area contributed by atoms with Crippen LogP contribution in [0.2, 0.25) is 0 Å². The second kappa shape index (κ2) is 7.27. The average Bonchev–Trinajstić information content (AvgIpc) is 2.98. The minimum Gasteiger partial charge on any atom is -0.481 e. The SMILES string of the molecule is C[C@H](CCC(=O)O)C1CCC2C3C(CC[C@@]21C)[C@@]1(C)CC[C@@H](O)CC1C[C@@H]3O. The quantitative estimate of drug-likeness (QED) is 0.659. The number of fused-ring (bicyclic) bond motifs is 5. The van der Waals surface area contributed by atoms with E-state index in [1.54, 1.807) is 0 Å². The molecule has 0 aromatic carbocycles. The fraction of sp³-hybridized carbons (Fsp3) is 0.958. The van der Waals surface area contributed by atoms with Crippen LogP contribution in [-0.2, 0) is 4.79 Å². The van der Waals surface area contributed by atoms with Crippen LogP contribution >= 0.6 is 0 Å². The third-order valence-electron chi connectivity index (χ3n) is 10.2. The maximum Gasteiger partial charge on any atom is 0.303 e. The molecule has 0 heterocycles. The molecule has 0 bridgehead atoms. The van der Waals surface area contributed by atoms with Crippen LogP contribution in [0.5, 0.6) is 0 Å². The van der Waals surface area contributed by atoms with E-state index < -0.39 is 5.97 Å². The van der Waals surface area contributed by atoms with Gasteiger partial charge in [0.05, 0.1) is 12.2 Å². The normalized spacial score (nSPS) is 51.7. The fourth-order valence-electron chi connectivity index (χ4n) is 8.73. The summed E-state index contributed by atoms with van der Waals surface area (Å²) in [5.41, 5.74) is 0.523. The standard InChI is InChI=1S/C24H40O4/c1-14(4-7-21(27)28)17-5-6-18-22-19(9-11-24(17,18)3)23(2)10-8-16(25)12-15(23)13-20(22)26/h14-20,22,25-26H,4-13H2,1-3H3,(H,27,28)/t14-,15?,16-,17?,18?,19?,20+,22?,23+,24-/m1/s1. The van der Waals surface area contributed by atoms with Gasteiger partial charge in [-0.3, -0.25) is 4.79 Å². The van der Waals surface area contributed by atoms with Crippen molar-refractivity contribution in [1.29, 1.82) is 0 Å².